The van der Waals surface area contributed by atoms with Crippen molar-refractivity contribution in [2.75, 3.05) is 13.6 Å². The lowest BCUT2D eigenvalue weighted by molar-refractivity contribution is 0.435. The SMILES string of the molecule is CNCCc1[nH]nc(C2CCCCC2)c1Br. The highest BCUT2D eigenvalue weighted by molar-refractivity contribution is 9.10. The molecule has 1 saturated carbocycles. The fourth-order valence-corrected chi connectivity index (χ4v) is 3.14. The Hall–Kier alpha value is -0.350. The number of aromatic nitrogens is 2. The normalized spacial score (nSPS) is 17.9. The average molecular weight is 286 g/mol. The van der Waals surface area contributed by atoms with Gasteiger partial charge in [-0.05, 0) is 35.8 Å². The molecule has 0 amide bonds. The van der Waals surface area contributed by atoms with Gasteiger partial charge >= 0.3 is 0 Å². The largest absolute Gasteiger partial charge is 0.319 e. The fraction of sp³-hybridized carbons (Fsp3) is 0.750. The third-order valence-electron chi connectivity index (χ3n) is 3.42. The first kappa shape index (κ1) is 12.1. The number of H-pyrrole nitrogens is 1. The molecule has 0 bridgehead atoms. The van der Waals surface area contributed by atoms with E-state index in [0.717, 1.165) is 13.0 Å². The summed E-state index contributed by atoms with van der Waals surface area (Å²) < 4.78 is 1.22. The smallest absolute Gasteiger partial charge is 0.0797 e. The minimum atomic E-state index is 0.669. The molecule has 0 atom stereocenters. The summed E-state index contributed by atoms with van der Waals surface area (Å²) in [6, 6.07) is 0. The molecule has 0 radical (unpaired) electrons. The van der Waals surface area contributed by atoms with Gasteiger partial charge in [-0.15, -0.1) is 0 Å². The van der Waals surface area contributed by atoms with Crippen LogP contribution in [0.2, 0.25) is 0 Å². The standard InChI is InChI=1S/C12H20BrN3/c1-14-8-7-10-11(13)12(16-15-10)9-5-3-2-4-6-9/h9,14H,2-8H2,1H3,(H,15,16). The van der Waals surface area contributed by atoms with Gasteiger partial charge < -0.3 is 5.32 Å². The minimum Gasteiger partial charge on any atom is -0.319 e. The molecule has 0 unspecified atom stereocenters. The molecule has 16 heavy (non-hydrogen) atoms. The summed E-state index contributed by atoms with van der Waals surface area (Å²) in [7, 11) is 1.98. The van der Waals surface area contributed by atoms with Gasteiger partial charge in [-0.2, -0.15) is 5.10 Å². The van der Waals surface area contributed by atoms with E-state index in [1.807, 2.05) is 7.05 Å². The van der Waals surface area contributed by atoms with E-state index in [2.05, 4.69) is 31.4 Å². The zero-order valence-electron chi connectivity index (χ0n) is 9.85. The Morgan fingerprint density at radius 1 is 1.38 bits per heavy atom. The first-order valence-corrected chi connectivity index (χ1v) is 6.99. The zero-order chi connectivity index (χ0) is 11.4. The third-order valence-corrected chi connectivity index (χ3v) is 4.30. The predicted molar refractivity (Wildman–Crippen MR) is 69.7 cm³/mol. The Balaban J connectivity index is 2.06. The lowest BCUT2D eigenvalue weighted by atomic mass is 9.87. The maximum Gasteiger partial charge on any atom is 0.0797 e. The summed E-state index contributed by atoms with van der Waals surface area (Å²) >= 11 is 3.70. The van der Waals surface area contributed by atoms with Crippen molar-refractivity contribution in [2.45, 2.75) is 44.4 Å². The van der Waals surface area contributed by atoms with Crippen molar-refractivity contribution in [1.82, 2.24) is 15.5 Å². The number of rotatable bonds is 4. The molecule has 1 aromatic rings. The molecule has 1 aromatic heterocycles. The molecule has 90 valence electrons. The van der Waals surface area contributed by atoms with E-state index in [-0.39, 0.29) is 0 Å². The van der Waals surface area contributed by atoms with Gasteiger partial charge in [0.15, 0.2) is 0 Å². The van der Waals surface area contributed by atoms with Crippen LogP contribution >= 0.6 is 15.9 Å². The Morgan fingerprint density at radius 3 is 2.81 bits per heavy atom. The van der Waals surface area contributed by atoms with Crippen molar-refractivity contribution < 1.29 is 0 Å². The highest BCUT2D eigenvalue weighted by atomic mass is 79.9. The molecular weight excluding hydrogens is 266 g/mol. The van der Waals surface area contributed by atoms with Crippen LogP contribution < -0.4 is 5.32 Å². The van der Waals surface area contributed by atoms with Gasteiger partial charge in [0.25, 0.3) is 0 Å². The van der Waals surface area contributed by atoms with E-state index in [0.29, 0.717) is 5.92 Å². The summed E-state index contributed by atoms with van der Waals surface area (Å²) in [6.07, 6.45) is 7.72. The van der Waals surface area contributed by atoms with E-state index >= 15 is 0 Å². The first-order chi connectivity index (χ1) is 7.83. The molecule has 3 nitrogen and oxygen atoms in total. The zero-order valence-corrected chi connectivity index (χ0v) is 11.4. The van der Waals surface area contributed by atoms with Crippen LogP contribution in [-0.2, 0) is 6.42 Å². The highest BCUT2D eigenvalue weighted by Gasteiger charge is 2.21. The molecule has 1 fully saturated rings. The van der Waals surface area contributed by atoms with E-state index in [9.17, 15) is 0 Å². The monoisotopic (exact) mass is 285 g/mol. The van der Waals surface area contributed by atoms with Gasteiger partial charge in [0.2, 0.25) is 0 Å². The molecule has 1 heterocycles. The topological polar surface area (TPSA) is 40.7 Å². The molecule has 4 heteroatoms. The van der Waals surface area contributed by atoms with Gasteiger partial charge in [-0.25, -0.2) is 0 Å². The summed E-state index contributed by atoms with van der Waals surface area (Å²) in [5, 5.41) is 10.8. The van der Waals surface area contributed by atoms with Crippen LogP contribution in [0.15, 0.2) is 4.47 Å². The first-order valence-electron chi connectivity index (χ1n) is 6.20. The second kappa shape index (κ2) is 5.82. The number of halogens is 1. The van der Waals surface area contributed by atoms with Gasteiger partial charge in [0, 0.05) is 18.9 Å². The number of nitrogens with zero attached hydrogens (tertiary/aromatic N) is 1. The van der Waals surface area contributed by atoms with Crippen molar-refractivity contribution in [1.29, 1.82) is 0 Å². The number of nitrogens with one attached hydrogen (secondary N) is 2. The quantitative estimate of drug-likeness (QED) is 0.893. The summed E-state index contributed by atoms with van der Waals surface area (Å²) in [5.74, 6) is 0.669. The van der Waals surface area contributed by atoms with Crippen LogP contribution in [0.1, 0.15) is 49.4 Å². The van der Waals surface area contributed by atoms with Gasteiger partial charge in [-0.1, -0.05) is 19.3 Å². The van der Waals surface area contributed by atoms with Crippen molar-refractivity contribution in [2.24, 2.45) is 0 Å². The van der Waals surface area contributed by atoms with Crippen molar-refractivity contribution in [3.05, 3.63) is 15.9 Å². The Labute approximate surface area is 106 Å². The summed E-state index contributed by atoms with van der Waals surface area (Å²) in [5.41, 5.74) is 2.49. The Kier molecular flexibility index (Phi) is 4.41. The molecule has 2 N–H and O–H groups in total. The van der Waals surface area contributed by atoms with E-state index in [1.54, 1.807) is 0 Å². The number of hydrogen-bond acceptors (Lipinski definition) is 2. The fourth-order valence-electron chi connectivity index (χ4n) is 2.44. The molecule has 2 rings (SSSR count). The lowest BCUT2D eigenvalue weighted by Crippen LogP contribution is -2.10. The van der Waals surface area contributed by atoms with Crippen molar-refractivity contribution in [3.63, 3.8) is 0 Å². The molecule has 0 aromatic carbocycles. The van der Waals surface area contributed by atoms with Crippen LogP contribution in [0.3, 0.4) is 0 Å². The van der Waals surface area contributed by atoms with Gasteiger partial charge in [0.05, 0.1) is 15.9 Å². The number of likely N-dealkylation sites (N-methyl/N-ethyl adjacent to an activating group) is 1. The van der Waals surface area contributed by atoms with E-state index in [1.165, 1.54) is 48.0 Å². The molecule has 0 saturated heterocycles. The lowest BCUT2D eigenvalue weighted by Gasteiger charge is -2.19. The minimum absolute atomic E-state index is 0.669. The second-order valence-corrected chi connectivity index (χ2v) is 5.38. The van der Waals surface area contributed by atoms with Crippen LogP contribution in [0.5, 0.6) is 0 Å². The Bertz CT molecular complexity index is 329. The second-order valence-electron chi connectivity index (χ2n) is 4.59. The Morgan fingerprint density at radius 2 is 2.12 bits per heavy atom. The van der Waals surface area contributed by atoms with E-state index < -0.39 is 0 Å². The van der Waals surface area contributed by atoms with Crippen molar-refractivity contribution in [3.8, 4) is 0 Å². The summed E-state index contributed by atoms with van der Waals surface area (Å²) in [4.78, 5) is 0. The summed E-state index contributed by atoms with van der Waals surface area (Å²) in [6.45, 7) is 0.991. The van der Waals surface area contributed by atoms with Crippen LogP contribution in [0.4, 0.5) is 0 Å². The van der Waals surface area contributed by atoms with Crippen LogP contribution in [-0.4, -0.2) is 23.8 Å². The van der Waals surface area contributed by atoms with Gasteiger partial charge in [0.1, 0.15) is 0 Å². The van der Waals surface area contributed by atoms with Crippen LogP contribution in [0, 0.1) is 0 Å². The molecule has 0 spiro atoms. The number of aromatic amines is 1. The molecule has 0 aliphatic heterocycles. The molecule has 1 aliphatic carbocycles. The van der Waals surface area contributed by atoms with Crippen molar-refractivity contribution >= 4 is 15.9 Å². The third kappa shape index (κ3) is 2.66. The molecule has 1 aliphatic rings. The average Bonchev–Trinajstić information content (AvgIpc) is 2.69. The predicted octanol–water partition coefficient (Wildman–Crippen LogP) is 2.98. The molecular formula is C12H20BrN3. The van der Waals surface area contributed by atoms with E-state index in [4.69, 9.17) is 0 Å². The maximum absolute atomic E-state index is 4.49. The highest BCUT2D eigenvalue weighted by Crippen LogP contribution is 2.36. The van der Waals surface area contributed by atoms with Gasteiger partial charge in [-0.3, -0.25) is 5.10 Å². The van der Waals surface area contributed by atoms with Crippen LogP contribution in [0.25, 0.3) is 0 Å². The maximum atomic E-state index is 4.49. The number of hydrogen-bond donors (Lipinski definition) is 2.